The third-order valence-corrected chi connectivity index (χ3v) is 3.20. The van der Waals surface area contributed by atoms with Gasteiger partial charge in [0.15, 0.2) is 0 Å². The second-order valence-electron chi connectivity index (χ2n) is 5.03. The maximum absolute atomic E-state index is 11.9. The van der Waals surface area contributed by atoms with Crippen LogP contribution < -0.4 is 15.8 Å². The molecule has 0 fully saturated rings. The minimum absolute atomic E-state index is 0.172. The third-order valence-electron chi connectivity index (χ3n) is 3.20. The number of hydrogen-bond acceptors (Lipinski definition) is 4. The summed E-state index contributed by atoms with van der Waals surface area (Å²) in [5.41, 5.74) is 5.97. The van der Waals surface area contributed by atoms with Gasteiger partial charge in [-0.15, -0.1) is 0 Å². The van der Waals surface area contributed by atoms with E-state index in [-0.39, 0.29) is 13.2 Å². The Labute approximate surface area is 140 Å². The van der Waals surface area contributed by atoms with Crippen molar-refractivity contribution < 1.29 is 19.1 Å². The Morgan fingerprint density at radius 3 is 2.21 bits per heavy atom. The van der Waals surface area contributed by atoms with Crippen molar-refractivity contribution in [2.24, 2.45) is 5.73 Å². The molecule has 1 atom stereocenters. The van der Waals surface area contributed by atoms with E-state index < -0.39 is 17.9 Å². The first-order chi connectivity index (χ1) is 11.7. The van der Waals surface area contributed by atoms with Gasteiger partial charge in [-0.1, -0.05) is 48.5 Å². The second-order valence-corrected chi connectivity index (χ2v) is 5.03. The summed E-state index contributed by atoms with van der Waals surface area (Å²) in [4.78, 5) is 23.4. The number of carbonyl (C=O) groups excluding carboxylic acids is 2. The Morgan fingerprint density at radius 1 is 0.958 bits per heavy atom. The molecular weight excluding hydrogens is 308 g/mol. The van der Waals surface area contributed by atoms with Crippen LogP contribution in [0.3, 0.4) is 0 Å². The maximum atomic E-state index is 11.9. The SMILES string of the molecule is NC(=O)[C@H](NC(=O)COCCOc1ccccc1)c1ccccc1. The maximum Gasteiger partial charge on any atom is 0.246 e. The molecule has 0 bridgehead atoms. The fraction of sp³-hybridized carbons (Fsp3) is 0.222. The molecule has 0 spiro atoms. The highest BCUT2D eigenvalue weighted by molar-refractivity contribution is 5.88. The Hall–Kier alpha value is -2.86. The molecule has 0 aromatic heterocycles. The van der Waals surface area contributed by atoms with Gasteiger partial charge in [0.25, 0.3) is 0 Å². The molecule has 6 nitrogen and oxygen atoms in total. The van der Waals surface area contributed by atoms with Crippen molar-refractivity contribution in [3.8, 4) is 5.75 Å². The zero-order chi connectivity index (χ0) is 17.2. The van der Waals surface area contributed by atoms with Gasteiger partial charge < -0.3 is 20.5 Å². The predicted octanol–water partition coefficient (Wildman–Crippen LogP) is 1.42. The van der Waals surface area contributed by atoms with Gasteiger partial charge in [-0.25, -0.2) is 0 Å². The van der Waals surface area contributed by atoms with Crippen LogP contribution in [0.25, 0.3) is 0 Å². The standard InChI is InChI=1S/C18H20N2O4/c19-18(22)17(14-7-3-1-4-8-14)20-16(21)13-23-11-12-24-15-9-5-2-6-10-15/h1-10,17H,11-13H2,(H2,19,22)(H,20,21)/t17-/m1/s1. The molecule has 2 rings (SSSR count). The summed E-state index contributed by atoms with van der Waals surface area (Å²) in [5.74, 6) is -0.298. The highest BCUT2D eigenvalue weighted by atomic mass is 16.5. The van der Waals surface area contributed by atoms with Gasteiger partial charge in [0, 0.05) is 0 Å². The van der Waals surface area contributed by atoms with Crippen molar-refractivity contribution in [3.63, 3.8) is 0 Å². The van der Waals surface area contributed by atoms with Crippen LogP contribution in [-0.4, -0.2) is 31.6 Å². The van der Waals surface area contributed by atoms with Crippen molar-refractivity contribution in [2.75, 3.05) is 19.8 Å². The molecule has 2 aromatic rings. The van der Waals surface area contributed by atoms with E-state index in [0.29, 0.717) is 12.2 Å². The lowest BCUT2D eigenvalue weighted by Crippen LogP contribution is -2.39. The average molecular weight is 328 g/mol. The smallest absolute Gasteiger partial charge is 0.246 e. The molecule has 0 aliphatic carbocycles. The molecule has 2 aromatic carbocycles. The fourth-order valence-electron chi connectivity index (χ4n) is 2.07. The van der Waals surface area contributed by atoms with Gasteiger partial charge in [0.2, 0.25) is 11.8 Å². The second kappa shape index (κ2) is 9.32. The number of amides is 2. The third kappa shape index (κ3) is 5.73. The summed E-state index contributed by atoms with van der Waals surface area (Å²) in [6, 6.07) is 17.3. The van der Waals surface area contributed by atoms with E-state index in [2.05, 4.69) is 5.32 Å². The Balaban J connectivity index is 1.71. The van der Waals surface area contributed by atoms with Crippen LogP contribution in [0.4, 0.5) is 0 Å². The first kappa shape index (κ1) is 17.5. The topological polar surface area (TPSA) is 90.7 Å². The van der Waals surface area contributed by atoms with E-state index in [4.69, 9.17) is 15.2 Å². The van der Waals surface area contributed by atoms with Crippen LogP contribution >= 0.6 is 0 Å². The lowest BCUT2D eigenvalue weighted by atomic mass is 10.1. The van der Waals surface area contributed by atoms with Crippen molar-refractivity contribution >= 4 is 11.8 Å². The zero-order valence-corrected chi connectivity index (χ0v) is 13.2. The number of carbonyl (C=O) groups is 2. The van der Waals surface area contributed by atoms with Gasteiger partial charge in [-0.3, -0.25) is 9.59 Å². The molecule has 24 heavy (non-hydrogen) atoms. The molecule has 0 aliphatic rings. The van der Waals surface area contributed by atoms with Crippen molar-refractivity contribution in [1.82, 2.24) is 5.32 Å². The molecule has 0 aliphatic heterocycles. The van der Waals surface area contributed by atoms with Crippen molar-refractivity contribution in [1.29, 1.82) is 0 Å². The number of ether oxygens (including phenoxy) is 2. The molecule has 0 radical (unpaired) electrons. The van der Waals surface area contributed by atoms with Gasteiger partial charge in [0.1, 0.15) is 25.0 Å². The minimum atomic E-state index is -0.872. The summed E-state index contributed by atoms with van der Waals surface area (Å²) < 4.78 is 10.7. The number of primary amides is 1. The number of benzene rings is 2. The summed E-state index contributed by atoms with van der Waals surface area (Å²) in [7, 11) is 0. The first-order valence-corrected chi connectivity index (χ1v) is 7.56. The normalized spacial score (nSPS) is 11.5. The van der Waals surface area contributed by atoms with Crippen molar-refractivity contribution in [2.45, 2.75) is 6.04 Å². The summed E-state index contributed by atoms with van der Waals surface area (Å²) >= 11 is 0. The number of nitrogens with one attached hydrogen (secondary N) is 1. The van der Waals surface area contributed by atoms with Crippen LogP contribution in [0.5, 0.6) is 5.75 Å². The van der Waals surface area contributed by atoms with Crippen LogP contribution in [0.2, 0.25) is 0 Å². The summed E-state index contributed by atoms with van der Waals surface area (Å²) in [5, 5.41) is 2.56. The van der Waals surface area contributed by atoms with E-state index in [9.17, 15) is 9.59 Å². The molecule has 0 saturated heterocycles. The van der Waals surface area contributed by atoms with Crippen LogP contribution in [-0.2, 0) is 14.3 Å². The van der Waals surface area contributed by atoms with E-state index in [1.165, 1.54) is 0 Å². The molecule has 0 unspecified atom stereocenters. The number of rotatable bonds is 9. The van der Waals surface area contributed by atoms with Gasteiger partial charge in [0.05, 0.1) is 6.61 Å². The Bertz CT molecular complexity index is 647. The predicted molar refractivity (Wildman–Crippen MR) is 89.3 cm³/mol. The van der Waals surface area contributed by atoms with Crippen LogP contribution in [0.1, 0.15) is 11.6 Å². The molecule has 3 N–H and O–H groups in total. The molecule has 2 amide bonds. The van der Waals surface area contributed by atoms with Crippen LogP contribution in [0.15, 0.2) is 60.7 Å². The largest absolute Gasteiger partial charge is 0.491 e. The van der Waals surface area contributed by atoms with E-state index >= 15 is 0 Å². The van der Waals surface area contributed by atoms with E-state index in [1.54, 1.807) is 24.3 Å². The Morgan fingerprint density at radius 2 is 1.58 bits per heavy atom. The average Bonchev–Trinajstić information content (AvgIpc) is 2.61. The lowest BCUT2D eigenvalue weighted by molar-refractivity contribution is -0.130. The van der Waals surface area contributed by atoms with Gasteiger partial charge in [-0.2, -0.15) is 0 Å². The number of para-hydroxylation sites is 1. The molecular formula is C18H20N2O4. The van der Waals surface area contributed by atoms with Crippen LogP contribution in [0, 0.1) is 0 Å². The monoisotopic (exact) mass is 328 g/mol. The van der Waals surface area contributed by atoms with Gasteiger partial charge in [-0.05, 0) is 17.7 Å². The lowest BCUT2D eigenvalue weighted by Gasteiger charge is -2.16. The van der Waals surface area contributed by atoms with E-state index in [1.807, 2.05) is 36.4 Å². The summed E-state index contributed by atoms with van der Waals surface area (Å²) in [6.45, 7) is 0.416. The summed E-state index contributed by atoms with van der Waals surface area (Å²) in [6.07, 6.45) is 0. The minimum Gasteiger partial charge on any atom is -0.491 e. The Kier molecular flexibility index (Phi) is 6.79. The first-order valence-electron chi connectivity index (χ1n) is 7.56. The molecule has 0 heterocycles. The number of nitrogens with two attached hydrogens (primary N) is 1. The van der Waals surface area contributed by atoms with E-state index in [0.717, 1.165) is 5.75 Å². The highest BCUT2D eigenvalue weighted by Gasteiger charge is 2.19. The van der Waals surface area contributed by atoms with Gasteiger partial charge >= 0.3 is 0 Å². The molecule has 126 valence electrons. The molecule has 6 heteroatoms. The zero-order valence-electron chi connectivity index (χ0n) is 13.2. The highest BCUT2D eigenvalue weighted by Crippen LogP contribution is 2.11. The van der Waals surface area contributed by atoms with Crippen molar-refractivity contribution in [3.05, 3.63) is 66.2 Å². The fourth-order valence-corrected chi connectivity index (χ4v) is 2.07. The quantitative estimate of drug-likeness (QED) is 0.681. The number of hydrogen-bond donors (Lipinski definition) is 2. The molecule has 0 saturated carbocycles.